The molecular weight excluding hydrogens is 235 g/mol. The third-order valence-corrected chi connectivity index (χ3v) is 1.78. The molecule has 1 aromatic carbocycles. The molecule has 0 fully saturated rings. The zero-order valence-electron chi connectivity index (χ0n) is 7.61. The van der Waals surface area contributed by atoms with E-state index in [4.69, 9.17) is 5.11 Å². The van der Waals surface area contributed by atoms with Crippen molar-refractivity contribution < 1.29 is 31.9 Å². The lowest BCUT2D eigenvalue weighted by atomic mass is 10.0. The molecule has 0 heterocycles. The minimum atomic E-state index is -4.09. The molecule has 1 aromatic rings. The molecule has 0 saturated heterocycles. The second-order valence-corrected chi connectivity index (χ2v) is 3.02. The average Bonchev–Trinajstić information content (AvgIpc) is 2.08. The first-order valence-electron chi connectivity index (χ1n) is 3.98. The maximum absolute atomic E-state index is 13.1. The van der Waals surface area contributed by atoms with Gasteiger partial charge in [0.15, 0.2) is 11.6 Å². The van der Waals surface area contributed by atoms with Gasteiger partial charge in [-0.2, -0.15) is 0 Å². The van der Waals surface area contributed by atoms with Gasteiger partial charge >= 0.3 is 5.97 Å². The van der Waals surface area contributed by atoms with Crippen LogP contribution in [0.3, 0.4) is 0 Å². The van der Waals surface area contributed by atoms with Gasteiger partial charge in [-0.05, 0) is 6.07 Å². The van der Waals surface area contributed by atoms with Crippen molar-refractivity contribution in [1.29, 1.82) is 0 Å². The summed E-state index contributed by atoms with van der Waals surface area (Å²) in [4.78, 5) is 10.1. The van der Waals surface area contributed by atoms with Crippen LogP contribution in [-0.4, -0.2) is 11.1 Å². The lowest BCUT2D eigenvalue weighted by Crippen LogP contribution is -2.20. The van der Waals surface area contributed by atoms with Gasteiger partial charge in [-0.25, -0.2) is 22.0 Å². The van der Waals surface area contributed by atoms with E-state index in [-0.39, 0.29) is 12.1 Å². The molecule has 0 saturated carbocycles. The van der Waals surface area contributed by atoms with Crippen LogP contribution < -0.4 is 0 Å². The molecule has 0 aliphatic heterocycles. The van der Waals surface area contributed by atoms with Crippen molar-refractivity contribution in [2.24, 2.45) is 0 Å². The summed E-state index contributed by atoms with van der Waals surface area (Å²) in [5, 5.41) is 8.15. The van der Waals surface area contributed by atoms with E-state index < -0.39 is 41.3 Å². The Kier molecular flexibility index (Phi) is 3.16. The molecule has 1 rings (SSSR count). The molecule has 2 nitrogen and oxygen atoms in total. The van der Waals surface area contributed by atoms with Crippen LogP contribution in [0.2, 0.25) is 0 Å². The maximum atomic E-state index is 13.1. The van der Waals surface area contributed by atoms with Crippen molar-refractivity contribution in [3.05, 3.63) is 35.1 Å². The first-order chi connectivity index (χ1) is 7.24. The third-order valence-electron chi connectivity index (χ3n) is 1.78. The number of benzene rings is 1. The molecule has 88 valence electrons. The van der Waals surface area contributed by atoms with E-state index in [9.17, 15) is 26.7 Å². The van der Waals surface area contributed by atoms with Crippen LogP contribution in [-0.2, 0) is 10.7 Å². The summed E-state index contributed by atoms with van der Waals surface area (Å²) in [6, 6.07) is -0.103. The molecule has 0 aliphatic carbocycles. The topological polar surface area (TPSA) is 37.3 Å². The van der Waals surface area contributed by atoms with Crippen molar-refractivity contribution in [2.75, 3.05) is 0 Å². The molecule has 0 unspecified atom stereocenters. The molecule has 7 heteroatoms. The number of carboxylic acid groups (broad SMARTS) is 1. The second-order valence-electron chi connectivity index (χ2n) is 3.02. The van der Waals surface area contributed by atoms with Gasteiger partial charge < -0.3 is 5.11 Å². The summed E-state index contributed by atoms with van der Waals surface area (Å²) in [5.41, 5.74) is -1.48. The molecule has 0 aromatic heterocycles. The zero-order valence-corrected chi connectivity index (χ0v) is 7.61. The molecule has 0 bridgehead atoms. The largest absolute Gasteiger partial charge is 0.481 e. The summed E-state index contributed by atoms with van der Waals surface area (Å²) in [6.07, 6.45) is -1.70. The normalized spacial score (nSPS) is 11.6. The van der Waals surface area contributed by atoms with Crippen LogP contribution >= 0.6 is 0 Å². The van der Waals surface area contributed by atoms with Gasteiger partial charge in [-0.3, -0.25) is 4.79 Å². The highest BCUT2D eigenvalue weighted by molar-refractivity contribution is 5.68. The molecule has 16 heavy (non-hydrogen) atoms. The number of halogens is 5. The predicted octanol–water partition coefficient (Wildman–Crippen LogP) is 2.67. The summed E-state index contributed by atoms with van der Waals surface area (Å²) in [7, 11) is 0. The Labute approximate surface area is 86.3 Å². The fourth-order valence-electron chi connectivity index (χ4n) is 1.09. The Morgan fingerprint density at radius 2 is 1.62 bits per heavy atom. The van der Waals surface area contributed by atoms with Crippen LogP contribution in [0.25, 0.3) is 0 Å². The molecular formula is C9H5F5O2. The van der Waals surface area contributed by atoms with Gasteiger partial charge in [0.25, 0.3) is 5.92 Å². The molecule has 0 atom stereocenters. The summed E-state index contributed by atoms with van der Waals surface area (Å²) in [5.74, 6) is -10.9. The van der Waals surface area contributed by atoms with Gasteiger partial charge in [-0.15, -0.1) is 0 Å². The number of aliphatic carboxylic acids is 1. The number of hydrogen-bond donors (Lipinski definition) is 1. The van der Waals surface area contributed by atoms with Crippen molar-refractivity contribution in [2.45, 2.75) is 12.3 Å². The monoisotopic (exact) mass is 240 g/mol. The van der Waals surface area contributed by atoms with Gasteiger partial charge in [0.1, 0.15) is 12.2 Å². The Morgan fingerprint density at radius 3 is 2.12 bits per heavy atom. The van der Waals surface area contributed by atoms with Gasteiger partial charge in [0, 0.05) is 6.07 Å². The number of hydrogen-bond acceptors (Lipinski definition) is 1. The van der Waals surface area contributed by atoms with E-state index in [2.05, 4.69) is 0 Å². The van der Waals surface area contributed by atoms with E-state index in [1.165, 1.54) is 0 Å². The van der Waals surface area contributed by atoms with Crippen LogP contribution in [0, 0.1) is 17.5 Å². The third kappa shape index (κ3) is 2.47. The van der Waals surface area contributed by atoms with E-state index >= 15 is 0 Å². The fourth-order valence-corrected chi connectivity index (χ4v) is 1.09. The van der Waals surface area contributed by atoms with E-state index in [0.717, 1.165) is 0 Å². The van der Waals surface area contributed by atoms with Crippen molar-refractivity contribution in [3.8, 4) is 0 Å². The number of carboxylic acids is 1. The van der Waals surface area contributed by atoms with Crippen molar-refractivity contribution in [1.82, 2.24) is 0 Å². The lowest BCUT2D eigenvalue weighted by molar-refractivity contribution is -0.145. The summed E-state index contributed by atoms with van der Waals surface area (Å²) >= 11 is 0. The molecule has 0 amide bonds. The van der Waals surface area contributed by atoms with E-state index in [1.54, 1.807) is 0 Å². The quantitative estimate of drug-likeness (QED) is 0.651. The summed E-state index contributed by atoms with van der Waals surface area (Å²) < 4.78 is 64.1. The Bertz CT molecular complexity index is 430. The number of alkyl halides is 2. The standard InChI is InChI=1S/C9H5F5O2/c10-5-2-7(12)6(11)1-4(5)9(13,14)3-8(15)16/h1-2H,3H2,(H,15,16). The number of carbonyl (C=O) groups is 1. The molecule has 1 N–H and O–H groups in total. The van der Waals surface area contributed by atoms with Crippen LogP contribution in [0.5, 0.6) is 0 Å². The highest BCUT2D eigenvalue weighted by Crippen LogP contribution is 2.34. The van der Waals surface area contributed by atoms with Crippen molar-refractivity contribution >= 4 is 5.97 Å². The smallest absolute Gasteiger partial charge is 0.309 e. The predicted molar refractivity (Wildman–Crippen MR) is 42.5 cm³/mol. The van der Waals surface area contributed by atoms with Crippen LogP contribution in [0.15, 0.2) is 12.1 Å². The van der Waals surface area contributed by atoms with E-state index in [0.29, 0.717) is 0 Å². The first kappa shape index (κ1) is 12.4. The SMILES string of the molecule is O=C(O)CC(F)(F)c1cc(F)c(F)cc1F. The zero-order chi connectivity index (χ0) is 12.5. The Morgan fingerprint density at radius 1 is 1.12 bits per heavy atom. The van der Waals surface area contributed by atoms with Crippen molar-refractivity contribution in [3.63, 3.8) is 0 Å². The van der Waals surface area contributed by atoms with E-state index in [1.807, 2.05) is 0 Å². The highest BCUT2D eigenvalue weighted by atomic mass is 19.3. The molecule has 0 aliphatic rings. The minimum Gasteiger partial charge on any atom is -0.481 e. The highest BCUT2D eigenvalue weighted by Gasteiger charge is 2.38. The molecule has 0 spiro atoms. The minimum absolute atomic E-state index is 0.0480. The molecule has 0 radical (unpaired) electrons. The average molecular weight is 240 g/mol. The van der Waals surface area contributed by atoms with Crippen LogP contribution in [0.4, 0.5) is 22.0 Å². The Balaban J connectivity index is 3.22. The lowest BCUT2D eigenvalue weighted by Gasteiger charge is -2.15. The summed E-state index contributed by atoms with van der Waals surface area (Å²) in [6.45, 7) is 0. The van der Waals surface area contributed by atoms with Crippen LogP contribution in [0.1, 0.15) is 12.0 Å². The Hall–Kier alpha value is -1.66. The number of rotatable bonds is 3. The fraction of sp³-hybridized carbons (Fsp3) is 0.222. The van der Waals surface area contributed by atoms with Gasteiger partial charge in [0.05, 0.1) is 5.56 Å². The van der Waals surface area contributed by atoms with Gasteiger partial charge in [0.2, 0.25) is 0 Å². The first-order valence-corrected chi connectivity index (χ1v) is 3.98. The van der Waals surface area contributed by atoms with Gasteiger partial charge in [-0.1, -0.05) is 0 Å². The second kappa shape index (κ2) is 4.07. The maximum Gasteiger partial charge on any atom is 0.309 e.